The third kappa shape index (κ3) is 3.67. The van der Waals surface area contributed by atoms with Crippen LogP contribution >= 0.6 is 11.6 Å². The van der Waals surface area contributed by atoms with Gasteiger partial charge in [-0.1, -0.05) is 29.8 Å². The van der Waals surface area contributed by atoms with Gasteiger partial charge in [0.05, 0.1) is 12.0 Å². The first-order chi connectivity index (χ1) is 5.63. The van der Waals surface area contributed by atoms with Gasteiger partial charge >= 0.3 is 51.4 Å². The van der Waals surface area contributed by atoms with E-state index in [2.05, 4.69) is 0 Å². The van der Waals surface area contributed by atoms with Gasteiger partial charge in [-0.25, -0.2) is 0 Å². The molecule has 0 spiro atoms. The minimum absolute atomic E-state index is 0. The van der Waals surface area contributed by atoms with E-state index in [9.17, 15) is 9.90 Å². The number of carboxylic acids is 1. The van der Waals surface area contributed by atoms with Crippen molar-refractivity contribution in [2.24, 2.45) is 5.73 Å². The second kappa shape index (κ2) is 6.13. The molecule has 0 fully saturated rings. The van der Waals surface area contributed by atoms with Gasteiger partial charge in [0, 0.05) is 5.02 Å². The Morgan fingerprint density at radius 2 is 2.00 bits per heavy atom. The Kier molecular flexibility index (Phi) is 6.41. The van der Waals surface area contributed by atoms with Gasteiger partial charge in [0.25, 0.3) is 0 Å². The first kappa shape index (κ1) is 13.6. The first-order valence-corrected chi connectivity index (χ1v) is 3.71. The van der Waals surface area contributed by atoms with Crippen LogP contribution in [-0.4, -0.2) is 5.97 Å². The molecule has 1 atom stereocenters. The summed E-state index contributed by atoms with van der Waals surface area (Å²) < 4.78 is 0. The summed E-state index contributed by atoms with van der Waals surface area (Å²) in [5, 5.41) is 10.7. The Labute approximate surface area is 124 Å². The SMILES string of the molecule is N[C@H](C(=O)[O-])c1ccccc1Cl.[K+]. The minimum atomic E-state index is -1.33. The number of aliphatic carboxylic acids is 1. The van der Waals surface area contributed by atoms with Crippen LogP contribution in [0.1, 0.15) is 11.6 Å². The van der Waals surface area contributed by atoms with E-state index in [1.165, 1.54) is 0 Å². The third-order valence-electron chi connectivity index (χ3n) is 1.49. The van der Waals surface area contributed by atoms with Crippen LogP contribution in [-0.2, 0) is 4.79 Å². The zero-order valence-corrected chi connectivity index (χ0v) is 11.0. The Morgan fingerprint density at radius 3 is 2.46 bits per heavy atom. The van der Waals surface area contributed by atoms with E-state index < -0.39 is 12.0 Å². The van der Waals surface area contributed by atoms with Crippen LogP contribution in [0.25, 0.3) is 0 Å². The maximum absolute atomic E-state index is 10.4. The number of benzene rings is 1. The minimum Gasteiger partial charge on any atom is -0.548 e. The average molecular weight is 224 g/mol. The van der Waals surface area contributed by atoms with Gasteiger partial charge < -0.3 is 15.6 Å². The van der Waals surface area contributed by atoms with Crippen molar-refractivity contribution in [3.63, 3.8) is 0 Å². The molecule has 0 aliphatic heterocycles. The number of carbonyl (C=O) groups excluding carboxylic acids is 1. The molecule has 3 nitrogen and oxygen atoms in total. The van der Waals surface area contributed by atoms with Crippen molar-refractivity contribution in [1.29, 1.82) is 0 Å². The average Bonchev–Trinajstić information content (AvgIpc) is 2.04. The summed E-state index contributed by atoms with van der Waals surface area (Å²) in [6, 6.07) is 5.36. The van der Waals surface area contributed by atoms with E-state index >= 15 is 0 Å². The molecule has 0 bridgehead atoms. The molecule has 0 saturated heterocycles. The predicted octanol–water partition coefficient (Wildman–Crippen LogP) is -2.91. The summed E-state index contributed by atoms with van der Waals surface area (Å²) in [6.45, 7) is 0. The van der Waals surface area contributed by atoms with Crippen molar-refractivity contribution >= 4 is 17.6 Å². The second-order valence-electron chi connectivity index (χ2n) is 2.32. The molecule has 0 saturated carbocycles. The number of rotatable bonds is 2. The predicted molar refractivity (Wildman–Crippen MR) is 43.4 cm³/mol. The van der Waals surface area contributed by atoms with Crippen molar-refractivity contribution < 1.29 is 61.3 Å². The van der Waals surface area contributed by atoms with Crippen LogP contribution in [0, 0.1) is 0 Å². The number of carbonyl (C=O) groups is 1. The number of carboxylic acid groups (broad SMARTS) is 1. The number of hydrogen-bond acceptors (Lipinski definition) is 3. The summed E-state index contributed by atoms with van der Waals surface area (Å²) in [6.07, 6.45) is 0. The normalized spacial score (nSPS) is 11.5. The molecule has 1 rings (SSSR count). The summed E-state index contributed by atoms with van der Waals surface area (Å²) in [4.78, 5) is 10.4. The van der Waals surface area contributed by atoms with Gasteiger partial charge in [-0.3, -0.25) is 0 Å². The van der Waals surface area contributed by atoms with Crippen molar-refractivity contribution in [1.82, 2.24) is 0 Å². The standard InChI is InChI=1S/C8H8ClNO2.K/c9-6-4-2-1-3-5(6)7(10)8(11)12;/h1-4,7H,10H2,(H,11,12);/q;+1/p-1/t7-;/m0./s1. The van der Waals surface area contributed by atoms with Crippen LogP contribution in [0.3, 0.4) is 0 Å². The van der Waals surface area contributed by atoms with E-state index in [4.69, 9.17) is 17.3 Å². The van der Waals surface area contributed by atoms with Gasteiger partial charge in [0.1, 0.15) is 0 Å². The van der Waals surface area contributed by atoms with E-state index in [1.54, 1.807) is 24.3 Å². The molecule has 0 radical (unpaired) electrons. The summed E-state index contributed by atoms with van der Waals surface area (Å²) in [7, 11) is 0. The molecule has 2 N–H and O–H groups in total. The summed E-state index contributed by atoms with van der Waals surface area (Å²) in [5.74, 6) is -1.33. The van der Waals surface area contributed by atoms with Crippen molar-refractivity contribution in [2.45, 2.75) is 6.04 Å². The molecule has 0 heterocycles. The number of hydrogen-bond donors (Lipinski definition) is 1. The largest absolute Gasteiger partial charge is 1.00 e. The van der Waals surface area contributed by atoms with Gasteiger partial charge in [-0.2, -0.15) is 0 Å². The molecule has 1 aromatic rings. The number of nitrogens with two attached hydrogens (primary N) is 1. The quantitative estimate of drug-likeness (QED) is 0.547. The van der Waals surface area contributed by atoms with Gasteiger partial charge in [-0.15, -0.1) is 0 Å². The molecule has 1 aromatic carbocycles. The molecule has 0 aliphatic carbocycles. The van der Waals surface area contributed by atoms with Crippen LogP contribution in [0.15, 0.2) is 24.3 Å². The second-order valence-corrected chi connectivity index (χ2v) is 2.73. The molecular weight excluding hydrogens is 217 g/mol. The van der Waals surface area contributed by atoms with E-state index in [1.807, 2.05) is 0 Å². The fourth-order valence-electron chi connectivity index (χ4n) is 0.854. The van der Waals surface area contributed by atoms with E-state index in [0.29, 0.717) is 10.6 Å². The van der Waals surface area contributed by atoms with Crippen LogP contribution < -0.4 is 62.2 Å². The Balaban J connectivity index is 0.00000144. The maximum atomic E-state index is 10.4. The summed E-state index contributed by atoms with van der Waals surface area (Å²) >= 11 is 5.69. The van der Waals surface area contributed by atoms with Gasteiger partial charge in [0.2, 0.25) is 0 Å². The molecular formula is C8H7ClKNO2. The molecule has 0 unspecified atom stereocenters. The molecule has 0 aromatic heterocycles. The molecule has 0 amide bonds. The van der Waals surface area contributed by atoms with E-state index in [0.717, 1.165) is 0 Å². The first-order valence-electron chi connectivity index (χ1n) is 3.34. The fraction of sp³-hybridized carbons (Fsp3) is 0.125. The monoisotopic (exact) mass is 223 g/mol. The summed E-state index contributed by atoms with van der Waals surface area (Å²) in [5.41, 5.74) is 5.67. The smallest absolute Gasteiger partial charge is 0.548 e. The van der Waals surface area contributed by atoms with Crippen LogP contribution in [0.5, 0.6) is 0 Å². The molecule has 5 heteroatoms. The zero-order valence-electron chi connectivity index (χ0n) is 7.16. The maximum Gasteiger partial charge on any atom is 1.00 e. The molecule has 0 aliphatic rings. The van der Waals surface area contributed by atoms with Gasteiger partial charge in [0.15, 0.2) is 0 Å². The van der Waals surface area contributed by atoms with Crippen molar-refractivity contribution in [2.75, 3.05) is 0 Å². The van der Waals surface area contributed by atoms with Crippen LogP contribution in [0.4, 0.5) is 0 Å². The third-order valence-corrected chi connectivity index (χ3v) is 1.84. The Bertz CT molecular complexity index is 306. The number of halogens is 1. The Morgan fingerprint density at radius 1 is 1.46 bits per heavy atom. The Hall–Kier alpha value is 0.576. The van der Waals surface area contributed by atoms with Crippen molar-refractivity contribution in [3.8, 4) is 0 Å². The zero-order chi connectivity index (χ0) is 9.14. The topological polar surface area (TPSA) is 66.2 Å². The van der Waals surface area contributed by atoms with Crippen LogP contribution in [0.2, 0.25) is 5.02 Å². The van der Waals surface area contributed by atoms with E-state index in [-0.39, 0.29) is 51.4 Å². The van der Waals surface area contributed by atoms with Crippen molar-refractivity contribution in [3.05, 3.63) is 34.9 Å². The molecule has 64 valence electrons. The van der Waals surface area contributed by atoms with Gasteiger partial charge in [-0.05, 0) is 11.6 Å². The molecule has 13 heavy (non-hydrogen) atoms. The fourth-order valence-corrected chi connectivity index (χ4v) is 1.11.